The highest BCUT2D eigenvalue weighted by Crippen LogP contribution is 2.25. The molecule has 6 nitrogen and oxygen atoms in total. The normalized spacial score (nSPS) is 14.5. The average molecular weight is 421 g/mol. The predicted octanol–water partition coefficient (Wildman–Crippen LogP) is 1.53. The van der Waals surface area contributed by atoms with Crippen molar-refractivity contribution < 1.29 is 23.6 Å². The summed E-state index contributed by atoms with van der Waals surface area (Å²) in [5, 5.41) is 3.24. The van der Waals surface area contributed by atoms with E-state index in [1.807, 2.05) is 13.0 Å². The Bertz CT molecular complexity index is 868. The molecule has 0 bridgehead atoms. The molecule has 0 aromatic heterocycles. The van der Waals surface area contributed by atoms with Crippen molar-refractivity contribution in [3.63, 3.8) is 0 Å². The molecule has 1 aliphatic heterocycles. The number of carbonyl (C=O) groups excluding carboxylic acids is 2. The third-order valence-corrected chi connectivity index (χ3v) is 5.11. The van der Waals surface area contributed by atoms with E-state index >= 15 is 0 Å². The molecule has 8 heteroatoms. The minimum absolute atomic E-state index is 0.0659. The Morgan fingerprint density at radius 1 is 1.17 bits per heavy atom. The highest BCUT2D eigenvalue weighted by Gasteiger charge is 2.25. The van der Waals surface area contributed by atoms with E-state index in [4.69, 9.17) is 16.3 Å². The van der Waals surface area contributed by atoms with Crippen molar-refractivity contribution in [3.05, 3.63) is 58.9 Å². The number of amides is 2. The molecule has 0 atom stereocenters. The maximum Gasteiger partial charge on any atom is 0.279 e. The standard InChI is InChI=1S/C21H23ClFN3O3/c1-15-2-7-18(22)19(12-15)29-14-21(28)26-10-8-25(9-11-26)13-20(27)24-17-5-3-16(23)4-6-17/h2-7,12H,8-11,13-14H2,1H3,(H,24,27)/p+1. The third-order valence-electron chi connectivity index (χ3n) is 4.80. The zero-order valence-electron chi connectivity index (χ0n) is 16.2. The zero-order chi connectivity index (χ0) is 20.8. The van der Waals surface area contributed by atoms with E-state index in [-0.39, 0.29) is 24.2 Å². The maximum absolute atomic E-state index is 12.9. The summed E-state index contributed by atoms with van der Waals surface area (Å²) in [6.07, 6.45) is 0. The van der Waals surface area contributed by atoms with Crippen molar-refractivity contribution in [1.29, 1.82) is 0 Å². The Balaban J connectivity index is 1.41. The molecule has 2 N–H and O–H groups in total. The Labute approximate surface area is 174 Å². The van der Waals surface area contributed by atoms with Crippen LogP contribution in [-0.2, 0) is 9.59 Å². The van der Waals surface area contributed by atoms with Gasteiger partial charge in [-0.1, -0.05) is 17.7 Å². The lowest BCUT2D eigenvalue weighted by molar-refractivity contribution is -0.895. The molecule has 0 radical (unpaired) electrons. The number of nitrogens with zero attached hydrogens (tertiary/aromatic N) is 1. The van der Waals surface area contributed by atoms with Crippen molar-refractivity contribution in [2.24, 2.45) is 0 Å². The molecular formula is C21H24ClFN3O3+. The lowest BCUT2D eigenvalue weighted by atomic mass is 10.2. The fourth-order valence-electron chi connectivity index (χ4n) is 3.17. The van der Waals surface area contributed by atoms with Crippen molar-refractivity contribution in [2.75, 3.05) is 44.6 Å². The number of rotatable bonds is 6. The van der Waals surface area contributed by atoms with E-state index in [0.29, 0.717) is 49.2 Å². The molecule has 1 heterocycles. The number of carbonyl (C=O) groups is 2. The zero-order valence-corrected chi connectivity index (χ0v) is 17.0. The van der Waals surface area contributed by atoms with Crippen LogP contribution in [-0.4, -0.2) is 56.0 Å². The lowest BCUT2D eigenvalue weighted by Gasteiger charge is -2.31. The van der Waals surface area contributed by atoms with Gasteiger partial charge in [-0.25, -0.2) is 4.39 Å². The molecule has 0 aliphatic carbocycles. The van der Waals surface area contributed by atoms with E-state index in [0.717, 1.165) is 10.5 Å². The topological polar surface area (TPSA) is 63.1 Å². The van der Waals surface area contributed by atoms with Crippen LogP contribution >= 0.6 is 11.6 Å². The predicted molar refractivity (Wildman–Crippen MR) is 109 cm³/mol. The molecule has 3 rings (SSSR count). The highest BCUT2D eigenvalue weighted by atomic mass is 35.5. The van der Waals surface area contributed by atoms with Crippen molar-refractivity contribution >= 4 is 29.1 Å². The van der Waals surface area contributed by atoms with Gasteiger partial charge < -0.3 is 19.9 Å². The molecule has 29 heavy (non-hydrogen) atoms. The molecule has 0 spiro atoms. The minimum atomic E-state index is -0.344. The third kappa shape index (κ3) is 6.17. The minimum Gasteiger partial charge on any atom is -0.482 e. The number of hydrogen-bond donors (Lipinski definition) is 2. The Morgan fingerprint density at radius 3 is 2.55 bits per heavy atom. The van der Waals surface area contributed by atoms with Gasteiger partial charge in [0.1, 0.15) is 11.6 Å². The molecule has 2 aromatic rings. The second-order valence-corrected chi connectivity index (χ2v) is 7.49. The van der Waals surface area contributed by atoms with Crippen LogP contribution in [0.1, 0.15) is 5.56 Å². The van der Waals surface area contributed by atoms with Crippen molar-refractivity contribution in [1.82, 2.24) is 4.90 Å². The first kappa shape index (κ1) is 21.1. The van der Waals surface area contributed by atoms with Crippen LogP contribution in [0.5, 0.6) is 5.75 Å². The summed E-state index contributed by atoms with van der Waals surface area (Å²) in [5.74, 6) is -0.0778. The molecule has 1 aliphatic rings. The molecule has 0 unspecified atom stereocenters. The largest absolute Gasteiger partial charge is 0.482 e. The van der Waals surface area contributed by atoms with Crippen LogP contribution in [0, 0.1) is 12.7 Å². The molecule has 154 valence electrons. The Kier molecular flexibility index (Phi) is 7.06. The average Bonchev–Trinajstić information content (AvgIpc) is 2.70. The van der Waals surface area contributed by atoms with Crippen LogP contribution in [0.3, 0.4) is 0 Å². The number of anilines is 1. The van der Waals surface area contributed by atoms with Crippen LogP contribution in [0.2, 0.25) is 5.02 Å². The van der Waals surface area contributed by atoms with Crippen molar-refractivity contribution in [2.45, 2.75) is 6.92 Å². The second kappa shape index (κ2) is 9.71. The molecule has 2 amide bonds. The SMILES string of the molecule is Cc1ccc(Cl)c(OCC(=O)N2CC[NH+](CC(=O)Nc3ccc(F)cc3)CC2)c1. The summed E-state index contributed by atoms with van der Waals surface area (Å²) < 4.78 is 18.5. The summed E-state index contributed by atoms with van der Waals surface area (Å²) in [4.78, 5) is 27.4. The van der Waals surface area contributed by atoms with Crippen LogP contribution < -0.4 is 15.0 Å². The van der Waals surface area contributed by atoms with Crippen molar-refractivity contribution in [3.8, 4) is 5.75 Å². The first-order chi connectivity index (χ1) is 13.9. The van der Waals surface area contributed by atoms with Gasteiger partial charge >= 0.3 is 0 Å². The lowest BCUT2D eigenvalue weighted by Crippen LogP contribution is -3.15. The second-order valence-electron chi connectivity index (χ2n) is 7.09. The molecule has 1 saturated heterocycles. The molecule has 0 saturated carbocycles. The van der Waals surface area contributed by atoms with Gasteiger partial charge in [-0.3, -0.25) is 9.59 Å². The summed E-state index contributed by atoms with van der Waals surface area (Å²) >= 11 is 6.09. The van der Waals surface area contributed by atoms with Gasteiger partial charge in [0, 0.05) is 5.69 Å². The van der Waals surface area contributed by atoms with Gasteiger partial charge in [0.25, 0.3) is 11.8 Å². The highest BCUT2D eigenvalue weighted by molar-refractivity contribution is 6.32. The van der Waals surface area contributed by atoms with E-state index in [1.54, 1.807) is 17.0 Å². The number of piperazine rings is 1. The van der Waals surface area contributed by atoms with Gasteiger partial charge in [-0.2, -0.15) is 0 Å². The fourth-order valence-corrected chi connectivity index (χ4v) is 3.34. The summed E-state index contributed by atoms with van der Waals surface area (Å²) in [7, 11) is 0. The summed E-state index contributed by atoms with van der Waals surface area (Å²) in [6.45, 7) is 4.63. The molecular weight excluding hydrogens is 397 g/mol. The summed E-state index contributed by atoms with van der Waals surface area (Å²) in [6, 6.07) is 11.1. The van der Waals surface area contributed by atoms with E-state index in [9.17, 15) is 14.0 Å². The summed E-state index contributed by atoms with van der Waals surface area (Å²) in [5.41, 5.74) is 1.57. The van der Waals surface area contributed by atoms with Gasteiger partial charge in [0.2, 0.25) is 0 Å². The first-order valence-corrected chi connectivity index (χ1v) is 9.84. The number of aryl methyl sites for hydroxylation is 1. The molecule has 2 aromatic carbocycles. The smallest absolute Gasteiger partial charge is 0.279 e. The number of ether oxygens (including phenoxy) is 1. The first-order valence-electron chi connectivity index (χ1n) is 9.46. The van der Waals surface area contributed by atoms with Gasteiger partial charge in [0.05, 0.1) is 31.2 Å². The molecule has 1 fully saturated rings. The quantitative estimate of drug-likeness (QED) is 0.745. The monoisotopic (exact) mass is 420 g/mol. The van der Waals surface area contributed by atoms with Gasteiger partial charge in [-0.05, 0) is 48.9 Å². The number of halogens is 2. The number of quaternary nitrogens is 1. The fraction of sp³-hybridized carbons (Fsp3) is 0.333. The van der Waals surface area contributed by atoms with Crippen LogP contribution in [0.25, 0.3) is 0 Å². The number of benzene rings is 2. The van der Waals surface area contributed by atoms with E-state index in [1.165, 1.54) is 24.3 Å². The number of hydrogen-bond acceptors (Lipinski definition) is 3. The van der Waals surface area contributed by atoms with Gasteiger partial charge in [-0.15, -0.1) is 0 Å². The van der Waals surface area contributed by atoms with E-state index in [2.05, 4.69) is 5.32 Å². The Morgan fingerprint density at radius 2 is 1.86 bits per heavy atom. The van der Waals surface area contributed by atoms with Gasteiger partial charge in [0.15, 0.2) is 13.2 Å². The van der Waals surface area contributed by atoms with Crippen LogP contribution in [0.15, 0.2) is 42.5 Å². The van der Waals surface area contributed by atoms with E-state index < -0.39 is 0 Å². The Hall–Kier alpha value is -2.64. The number of nitrogens with one attached hydrogen (secondary N) is 2. The van der Waals surface area contributed by atoms with Crippen LogP contribution in [0.4, 0.5) is 10.1 Å². The maximum atomic E-state index is 12.9.